The number of carbonyl (C=O) groups is 7. The number of aliphatic hydroxyl groups excluding tert-OH is 2. The highest BCUT2D eigenvalue weighted by Crippen LogP contribution is 2.40. The number of cyclic esters (lactones) is 1. The standard InChI is InChI=1S/C95H141FN6O27S/c1-62-17-13-12-14-18-63(2)80(115-9)58-74-24-20-68(7)95(112,129-74)90(107)92(109)102-33-16-15-19-76(102)93(110)127-81(59-77(103)64(3)54-67(6)88(106)89(117-11)87(105)66(5)53-62)65(4)55-70-21-26-79(82(56-70)116-10)128-94(111)99-31-36-119-39-41-121-43-45-123-47-49-125-51-50-124-48-46-122-44-42-120-40-38-118-35-30-85(104)98-32-52-130(113,114)83-28-25-75(69(8)86(83)96)91(108)101-34-37-126-78-27-22-71(57-73(78)61-101)72-23-29-84(97)100-60-72/h12-14,17-18,22-23,25,27-29,54,57,60,62,64-66,68,70,74,76-77,79-82,88-89,103,106,112H,15-16,19-21,24,26,30-53,55-56,58-59,61H2,1-11H3,(H2,97,100)(H,98,104)(H,99,111)/b14-12+,17-13+,63-18-,67-54+/t62-,64-,65-,66-,68-,70+,74+,76+,77-,79-,80+,81+,82-,88-,89+,95-/m1/s1. The molecule has 2 saturated heterocycles. The first-order valence-corrected chi connectivity index (χ1v) is 47.3. The van der Waals surface area contributed by atoms with E-state index in [0.717, 1.165) is 28.3 Å². The van der Waals surface area contributed by atoms with E-state index in [1.807, 2.05) is 82.3 Å². The van der Waals surface area contributed by atoms with Crippen molar-refractivity contribution in [2.24, 2.45) is 35.5 Å². The minimum atomic E-state index is -4.19. The Morgan fingerprint density at radius 1 is 0.692 bits per heavy atom. The van der Waals surface area contributed by atoms with E-state index in [4.69, 9.17) is 76.8 Å². The number of amides is 4. The van der Waals surface area contributed by atoms with E-state index in [0.29, 0.717) is 148 Å². The summed E-state index contributed by atoms with van der Waals surface area (Å²) in [6, 6.07) is 10.3. The Morgan fingerprint density at radius 2 is 1.34 bits per heavy atom. The third kappa shape index (κ3) is 33.5. The number of aromatic nitrogens is 1. The van der Waals surface area contributed by atoms with E-state index in [1.165, 1.54) is 29.9 Å². The van der Waals surface area contributed by atoms with Crippen LogP contribution in [-0.2, 0) is 107 Å². The zero-order chi connectivity index (χ0) is 94.3. The number of ether oxygens (including phenoxy) is 15. The molecule has 5 heterocycles. The zero-order valence-corrected chi connectivity index (χ0v) is 78.4. The van der Waals surface area contributed by atoms with Gasteiger partial charge in [-0.2, -0.15) is 0 Å². The molecule has 1 aliphatic carbocycles. The maximum absolute atomic E-state index is 15.8. The molecule has 5 aliphatic rings. The highest BCUT2D eigenvalue weighted by atomic mass is 32.2. The van der Waals surface area contributed by atoms with Crippen LogP contribution in [-0.4, -0.2) is 306 Å². The van der Waals surface area contributed by atoms with Gasteiger partial charge in [0, 0.05) is 107 Å². The van der Waals surface area contributed by atoms with E-state index >= 15 is 4.39 Å². The fourth-order valence-corrected chi connectivity index (χ4v) is 18.0. The van der Waals surface area contributed by atoms with Crippen molar-refractivity contribution in [1.29, 1.82) is 0 Å². The summed E-state index contributed by atoms with van der Waals surface area (Å²) in [5.74, 6) is -9.53. The van der Waals surface area contributed by atoms with E-state index in [9.17, 15) is 57.3 Å². The van der Waals surface area contributed by atoms with E-state index < -0.39 is 146 Å². The molecule has 0 unspecified atom stereocenters. The minimum Gasteiger partial charge on any atom is -0.491 e. The second kappa shape index (κ2) is 55.6. The normalized spacial score (nSPS) is 27.2. The van der Waals surface area contributed by atoms with Gasteiger partial charge in [-0.1, -0.05) is 77.1 Å². The molecule has 7 N–H and O–H groups in total. The molecule has 16 atom stereocenters. The predicted molar refractivity (Wildman–Crippen MR) is 480 cm³/mol. The number of halogens is 1. The number of fused-ring (bicyclic) bond motifs is 4. The number of nitrogens with one attached hydrogen (secondary N) is 2. The lowest BCUT2D eigenvalue weighted by atomic mass is 9.78. The Kier molecular flexibility index (Phi) is 45.8. The fraction of sp³-hybridized carbons (Fsp3) is 0.663. The molecule has 4 aliphatic heterocycles. The molecule has 3 fully saturated rings. The summed E-state index contributed by atoms with van der Waals surface area (Å²) in [5, 5.41) is 41.2. The molecule has 33 nitrogen and oxygen atoms in total. The van der Waals surface area contributed by atoms with Crippen LogP contribution in [0.4, 0.5) is 15.0 Å². The molecular weight excluding hydrogens is 1710 g/mol. The SMILES string of the molecule is CO[C@H]1C[C@@H]2CC[C@@H](C)[C@@](O)(O2)C(=O)C(=O)N2CCCC[C@H]2C(=O)O[C@H]([C@H](C)C[C@@H]2CC[C@@H](OC(=O)NCCOCCOCCOCCOCCOCCOCCOCCOCCC(=O)NCCS(=O)(=O)c3ccc(C(=O)N4CCOc5ccc(-c6ccc(N)nc6)cc5C4)c(C)c3F)[C@H](OC)C2)C[C@@H](O)[C@H](C)/C=C(\C)[C@@H](O)[C@@H](OC)C(=O)[C@H](C)C[C@H](C)/C=C/C=C/C=C\1C. The number of benzene rings is 2. The maximum atomic E-state index is 15.8. The largest absolute Gasteiger partial charge is 0.491 e. The summed E-state index contributed by atoms with van der Waals surface area (Å²) in [6.07, 6.45) is 10.3. The number of hydrogen-bond acceptors (Lipinski definition) is 29. The van der Waals surface area contributed by atoms with Gasteiger partial charge in [-0.25, -0.2) is 27.4 Å². The molecule has 0 radical (unpaired) electrons. The van der Waals surface area contributed by atoms with Gasteiger partial charge in [0.2, 0.25) is 11.7 Å². The number of aliphatic hydroxyl groups is 3. The number of sulfone groups is 1. The molecule has 8 rings (SSSR count). The summed E-state index contributed by atoms with van der Waals surface area (Å²) in [6.45, 7) is 19.5. The van der Waals surface area contributed by atoms with Crippen molar-refractivity contribution in [1.82, 2.24) is 25.4 Å². The van der Waals surface area contributed by atoms with Crippen molar-refractivity contribution in [2.75, 3.05) is 171 Å². The van der Waals surface area contributed by atoms with Gasteiger partial charge in [0.25, 0.3) is 17.6 Å². The van der Waals surface area contributed by atoms with Crippen LogP contribution < -0.4 is 21.1 Å². The second-order valence-corrected chi connectivity index (χ2v) is 36.4. The average Bonchev–Trinajstić information content (AvgIpc) is 1.28. The van der Waals surface area contributed by atoms with Crippen molar-refractivity contribution >= 4 is 57.0 Å². The lowest BCUT2D eigenvalue weighted by Crippen LogP contribution is -2.61. The third-order valence-electron chi connectivity index (χ3n) is 24.5. The number of pyridine rings is 1. The molecule has 1 aromatic heterocycles. The topological polar surface area (TPSA) is 422 Å². The van der Waals surface area contributed by atoms with Crippen LogP contribution in [0.3, 0.4) is 0 Å². The van der Waals surface area contributed by atoms with Gasteiger partial charge in [-0.3, -0.25) is 24.0 Å². The van der Waals surface area contributed by atoms with Crippen molar-refractivity contribution in [3.05, 3.63) is 119 Å². The van der Waals surface area contributed by atoms with Gasteiger partial charge >= 0.3 is 12.1 Å². The molecule has 1 saturated carbocycles. The molecule has 2 aromatic carbocycles. The van der Waals surface area contributed by atoms with Gasteiger partial charge < -0.3 is 113 Å². The van der Waals surface area contributed by atoms with Crippen LogP contribution in [0.25, 0.3) is 11.1 Å². The van der Waals surface area contributed by atoms with Gasteiger partial charge in [-0.05, 0) is 161 Å². The van der Waals surface area contributed by atoms with Crippen molar-refractivity contribution in [3.8, 4) is 16.9 Å². The van der Waals surface area contributed by atoms with Crippen LogP contribution in [0, 0.1) is 48.2 Å². The van der Waals surface area contributed by atoms with Gasteiger partial charge in [0.1, 0.15) is 59.3 Å². The Hall–Kier alpha value is -8.08. The van der Waals surface area contributed by atoms with Gasteiger partial charge in [-0.15, -0.1) is 0 Å². The van der Waals surface area contributed by atoms with Crippen LogP contribution in [0.1, 0.15) is 153 Å². The molecule has 35 heteroatoms. The molecule has 0 spiro atoms. The van der Waals surface area contributed by atoms with Gasteiger partial charge in [0.05, 0.1) is 142 Å². The number of esters is 1. The summed E-state index contributed by atoms with van der Waals surface area (Å²) < 4.78 is 129. The number of methoxy groups -OCH3 is 3. The van der Waals surface area contributed by atoms with Crippen LogP contribution in [0.5, 0.6) is 5.75 Å². The number of nitrogens with two attached hydrogens (primary N) is 1. The number of piperidine rings is 1. The molecule has 2 bridgehead atoms. The lowest BCUT2D eigenvalue weighted by Gasteiger charge is -2.43. The Morgan fingerprint density at radius 3 is 1.97 bits per heavy atom. The number of Topliss-reactive ketones (excluding diaryl/α,β-unsaturated/α-hetero) is 2. The number of rotatable bonds is 40. The number of nitrogen functional groups attached to an aromatic ring is 1. The van der Waals surface area contributed by atoms with Crippen molar-refractivity contribution in [3.63, 3.8) is 0 Å². The molecule has 130 heavy (non-hydrogen) atoms. The number of alkyl carbamates (subject to hydrolysis) is 1. The number of nitrogens with zero attached hydrogens (tertiary/aromatic N) is 3. The summed E-state index contributed by atoms with van der Waals surface area (Å²) >= 11 is 0. The maximum Gasteiger partial charge on any atom is 0.407 e. The van der Waals surface area contributed by atoms with Crippen molar-refractivity contribution < 1.29 is 133 Å². The van der Waals surface area contributed by atoms with Crippen LogP contribution in [0.2, 0.25) is 0 Å². The second-order valence-electron chi connectivity index (χ2n) is 34.3. The zero-order valence-electron chi connectivity index (χ0n) is 77.5. The fourth-order valence-electron chi connectivity index (χ4n) is 16.7. The minimum absolute atomic E-state index is 0.00578. The molecular formula is C95H141FN6O27S. The monoisotopic (exact) mass is 1850 g/mol. The number of anilines is 1. The smallest absolute Gasteiger partial charge is 0.407 e. The highest BCUT2D eigenvalue weighted by Gasteiger charge is 2.53. The first kappa shape index (κ1) is 107. The first-order valence-electron chi connectivity index (χ1n) is 45.6. The van der Waals surface area contributed by atoms with E-state index in [2.05, 4.69) is 15.6 Å². The van der Waals surface area contributed by atoms with Crippen LogP contribution >= 0.6 is 0 Å². The summed E-state index contributed by atoms with van der Waals surface area (Å²) in [4.78, 5) is 103. The van der Waals surface area contributed by atoms with Gasteiger partial charge in [0.15, 0.2) is 15.6 Å². The van der Waals surface area contributed by atoms with Crippen LogP contribution in [0.15, 0.2) is 101 Å². The number of hydrogen-bond donors (Lipinski definition) is 6. The Labute approximate surface area is 764 Å². The predicted octanol–water partition coefficient (Wildman–Crippen LogP) is 8.95. The molecule has 3 aromatic rings. The van der Waals surface area contributed by atoms with E-state index in [1.54, 1.807) is 53.3 Å². The average molecular weight is 1850 g/mol. The highest BCUT2D eigenvalue weighted by molar-refractivity contribution is 7.91. The Bertz CT molecular complexity index is 4310. The Balaban J connectivity index is 0.645. The summed E-state index contributed by atoms with van der Waals surface area (Å²) in [5.41, 5.74) is 9.33. The number of allylic oxidation sites excluding steroid dienone is 5. The van der Waals surface area contributed by atoms with Crippen molar-refractivity contribution in [2.45, 2.75) is 211 Å². The van der Waals surface area contributed by atoms with E-state index in [-0.39, 0.29) is 127 Å². The third-order valence-corrected chi connectivity index (χ3v) is 26.3. The summed E-state index contributed by atoms with van der Waals surface area (Å²) in [7, 11) is 0.309. The quantitative estimate of drug-likeness (QED) is 0.0134. The molecule has 4 amide bonds. The lowest BCUT2D eigenvalue weighted by molar-refractivity contribution is -0.265. The first-order chi connectivity index (χ1) is 62.4. The number of ketones is 2. The number of carbonyl (C=O) groups excluding carboxylic acids is 7. The molecule has 726 valence electrons.